The molecular formula is C17H15N3O4S2. The molecule has 0 spiro atoms. The summed E-state index contributed by atoms with van der Waals surface area (Å²) >= 11 is 2.77. The number of nitrogens with one attached hydrogen (secondary N) is 1. The Morgan fingerprint density at radius 3 is 2.65 bits per heavy atom. The molecule has 3 aromatic rings. The number of carbonyl (C=O) groups is 1. The largest absolute Gasteiger partial charge is 0.489 e. The minimum atomic E-state index is -0.459. The molecule has 1 aromatic carbocycles. The van der Waals surface area contributed by atoms with Crippen molar-refractivity contribution in [2.75, 3.05) is 5.32 Å². The van der Waals surface area contributed by atoms with Crippen LogP contribution in [0.5, 0.6) is 5.75 Å². The Morgan fingerprint density at radius 2 is 2.04 bits per heavy atom. The fourth-order valence-corrected chi connectivity index (χ4v) is 3.69. The number of thiazole rings is 1. The summed E-state index contributed by atoms with van der Waals surface area (Å²) in [4.78, 5) is 28.4. The molecule has 1 N–H and O–H groups in total. The zero-order valence-electron chi connectivity index (χ0n) is 14.0. The van der Waals surface area contributed by atoms with E-state index >= 15 is 0 Å². The summed E-state index contributed by atoms with van der Waals surface area (Å²) in [6.07, 6.45) is 0. The van der Waals surface area contributed by atoms with Gasteiger partial charge in [0.25, 0.3) is 11.6 Å². The van der Waals surface area contributed by atoms with E-state index in [-0.39, 0.29) is 18.2 Å². The monoisotopic (exact) mass is 389 g/mol. The highest BCUT2D eigenvalue weighted by Crippen LogP contribution is 2.24. The van der Waals surface area contributed by atoms with Crippen LogP contribution in [0.1, 0.15) is 25.8 Å². The number of nitrogens with zero attached hydrogens (tertiary/aromatic N) is 2. The van der Waals surface area contributed by atoms with Gasteiger partial charge in [-0.05, 0) is 37.4 Å². The van der Waals surface area contributed by atoms with Crippen LogP contribution in [0.4, 0.5) is 10.8 Å². The van der Waals surface area contributed by atoms with Crippen LogP contribution in [-0.2, 0) is 6.61 Å². The van der Waals surface area contributed by atoms with E-state index in [1.165, 1.54) is 34.8 Å². The number of aryl methyl sites for hydroxylation is 2. The number of benzene rings is 1. The molecule has 3 rings (SSSR count). The summed E-state index contributed by atoms with van der Waals surface area (Å²) in [6, 6.07) is 7.63. The zero-order valence-corrected chi connectivity index (χ0v) is 15.6. The number of thiophene rings is 1. The molecule has 1 amide bonds. The molecule has 0 unspecified atom stereocenters. The van der Waals surface area contributed by atoms with Gasteiger partial charge in [-0.2, -0.15) is 0 Å². The molecule has 134 valence electrons. The van der Waals surface area contributed by atoms with Gasteiger partial charge in [-0.15, -0.1) is 22.7 Å². The number of anilines is 1. The molecule has 2 aromatic heterocycles. The standard InChI is InChI=1S/C17H15N3O4S2/c1-10-11(2)26-17(18-10)19-16(21)15-7-12(9-25-15)8-24-14-5-3-13(4-6-14)20(22)23/h3-7,9H,8H2,1-2H3,(H,18,19,21). The third-order valence-corrected chi connectivity index (χ3v) is 5.55. The third kappa shape index (κ3) is 4.24. The zero-order chi connectivity index (χ0) is 18.7. The van der Waals surface area contributed by atoms with Crippen molar-refractivity contribution in [3.05, 3.63) is 66.8 Å². The molecule has 0 atom stereocenters. The SMILES string of the molecule is Cc1nc(NC(=O)c2cc(COc3ccc([N+](=O)[O-])cc3)cs2)sc1C. The van der Waals surface area contributed by atoms with Crippen molar-refractivity contribution in [3.63, 3.8) is 0 Å². The Labute approximate surface area is 157 Å². The van der Waals surface area contributed by atoms with Crippen LogP contribution in [0.25, 0.3) is 0 Å². The minimum Gasteiger partial charge on any atom is -0.489 e. The van der Waals surface area contributed by atoms with Crippen LogP contribution in [0.2, 0.25) is 0 Å². The number of rotatable bonds is 6. The number of non-ortho nitro benzene ring substituents is 1. The molecule has 0 radical (unpaired) electrons. The van der Waals surface area contributed by atoms with Gasteiger partial charge in [0.15, 0.2) is 5.13 Å². The van der Waals surface area contributed by atoms with Crippen molar-refractivity contribution in [1.29, 1.82) is 0 Å². The number of hydrogen-bond acceptors (Lipinski definition) is 7. The van der Waals surface area contributed by atoms with E-state index in [4.69, 9.17) is 4.74 Å². The second-order valence-corrected chi connectivity index (χ2v) is 7.59. The van der Waals surface area contributed by atoms with Crippen LogP contribution in [0, 0.1) is 24.0 Å². The van der Waals surface area contributed by atoms with Crippen molar-refractivity contribution in [2.45, 2.75) is 20.5 Å². The smallest absolute Gasteiger partial charge is 0.269 e. The highest BCUT2D eigenvalue weighted by molar-refractivity contribution is 7.16. The summed E-state index contributed by atoms with van der Waals surface area (Å²) in [5, 5.41) is 15.9. The lowest BCUT2D eigenvalue weighted by atomic mass is 10.3. The lowest BCUT2D eigenvalue weighted by molar-refractivity contribution is -0.384. The Bertz CT molecular complexity index is 928. The second-order valence-electron chi connectivity index (χ2n) is 5.47. The molecule has 0 saturated heterocycles. The van der Waals surface area contributed by atoms with Gasteiger partial charge in [-0.3, -0.25) is 20.2 Å². The predicted octanol–water partition coefficient (Wildman–Crippen LogP) is 4.56. The highest BCUT2D eigenvalue weighted by atomic mass is 32.1. The van der Waals surface area contributed by atoms with E-state index in [2.05, 4.69) is 10.3 Å². The third-order valence-electron chi connectivity index (χ3n) is 3.58. The maximum atomic E-state index is 12.3. The predicted molar refractivity (Wildman–Crippen MR) is 101 cm³/mol. The van der Waals surface area contributed by atoms with E-state index in [9.17, 15) is 14.9 Å². The Balaban J connectivity index is 1.58. The summed E-state index contributed by atoms with van der Waals surface area (Å²) in [5.74, 6) is 0.326. The van der Waals surface area contributed by atoms with Crippen molar-refractivity contribution in [1.82, 2.24) is 4.98 Å². The molecule has 26 heavy (non-hydrogen) atoms. The quantitative estimate of drug-likeness (QED) is 0.492. The average Bonchev–Trinajstić information content (AvgIpc) is 3.20. The molecule has 0 aliphatic heterocycles. The Morgan fingerprint density at radius 1 is 1.31 bits per heavy atom. The van der Waals surface area contributed by atoms with Gasteiger partial charge in [0.2, 0.25) is 0 Å². The van der Waals surface area contributed by atoms with E-state index in [1.807, 2.05) is 19.2 Å². The van der Waals surface area contributed by atoms with E-state index in [0.717, 1.165) is 16.1 Å². The maximum absolute atomic E-state index is 12.3. The molecule has 2 heterocycles. The lowest BCUT2D eigenvalue weighted by Crippen LogP contribution is -2.09. The van der Waals surface area contributed by atoms with Gasteiger partial charge in [-0.25, -0.2) is 4.98 Å². The van der Waals surface area contributed by atoms with Crippen LogP contribution < -0.4 is 10.1 Å². The van der Waals surface area contributed by atoms with Gasteiger partial charge in [0, 0.05) is 22.6 Å². The van der Waals surface area contributed by atoms with Crippen LogP contribution in [-0.4, -0.2) is 15.8 Å². The van der Waals surface area contributed by atoms with Crippen LogP contribution in [0.3, 0.4) is 0 Å². The number of nitro benzene ring substituents is 1. The molecular weight excluding hydrogens is 374 g/mol. The molecule has 0 saturated carbocycles. The summed E-state index contributed by atoms with van der Waals surface area (Å²) < 4.78 is 5.60. The lowest BCUT2D eigenvalue weighted by Gasteiger charge is -2.04. The fraction of sp³-hybridized carbons (Fsp3) is 0.176. The molecule has 7 nitrogen and oxygen atoms in total. The topological polar surface area (TPSA) is 94.4 Å². The number of hydrogen-bond donors (Lipinski definition) is 1. The van der Waals surface area contributed by atoms with Crippen LogP contribution >= 0.6 is 22.7 Å². The van der Waals surface area contributed by atoms with Gasteiger partial charge in [0.05, 0.1) is 15.5 Å². The van der Waals surface area contributed by atoms with Crippen LogP contribution in [0.15, 0.2) is 35.7 Å². The van der Waals surface area contributed by atoms with Gasteiger partial charge >= 0.3 is 0 Å². The van der Waals surface area contributed by atoms with Crippen molar-refractivity contribution < 1.29 is 14.5 Å². The summed E-state index contributed by atoms with van der Waals surface area (Å²) in [7, 11) is 0. The Hall–Kier alpha value is -2.78. The van der Waals surface area contributed by atoms with Gasteiger partial charge in [0.1, 0.15) is 12.4 Å². The van der Waals surface area contributed by atoms with Crippen molar-refractivity contribution >= 4 is 39.4 Å². The first-order valence-corrected chi connectivity index (χ1v) is 9.32. The summed E-state index contributed by atoms with van der Waals surface area (Å²) in [5.41, 5.74) is 1.78. The maximum Gasteiger partial charge on any atom is 0.269 e. The van der Waals surface area contributed by atoms with Gasteiger partial charge in [-0.1, -0.05) is 0 Å². The first-order chi connectivity index (χ1) is 12.4. The highest BCUT2D eigenvalue weighted by Gasteiger charge is 2.13. The molecule has 0 aliphatic carbocycles. The average molecular weight is 389 g/mol. The first-order valence-electron chi connectivity index (χ1n) is 7.62. The number of carbonyl (C=O) groups excluding carboxylic acids is 1. The Kier molecular flexibility index (Phi) is 5.29. The van der Waals surface area contributed by atoms with Crippen molar-refractivity contribution in [2.24, 2.45) is 0 Å². The molecule has 9 heteroatoms. The number of ether oxygens (including phenoxy) is 1. The number of amides is 1. The molecule has 0 bridgehead atoms. The van der Waals surface area contributed by atoms with Gasteiger partial charge < -0.3 is 4.74 Å². The second kappa shape index (κ2) is 7.63. The fourth-order valence-electron chi connectivity index (χ4n) is 2.09. The number of nitro groups is 1. The summed E-state index contributed by atoms with van der Waals surface area (Å²) in [6.45, 7) is 4.14. The normalized spacial score (nSPS) is 10.5. The van der Waals surface area contributed by atoms with E-state index < -0.39 is 4.92 Å². The minimum absolute atomic E-state index is 0.0134. The van der Waals surface area contributed by atoms with E-state index in [0.29, 0.717) is 15.8 Å². The first kappa shape index (κ1) is 18.0. The molecule has 0 fully saturated rings. The number of aromatic nitrogens is 1. The van der Waals surface area contributed by atoms with E-state index in [1.54, 1.807) is 18.2 Å². The van der Waals surface area contributed by atoms with Crippen molar-refractivity contribution in [3.8, 4) is 5.75 Å². The molecule has 0 aliphatic rings.